The Morgan fingerprint density at radius 1 is 1.56 bits per heavy atom. The maximum Gasteiger partial charge on any atom is 0.287 e. The Labute approximate surface area is 91.1 Å². The summed E-state index contributed by atoms with van der Waals surface area (Å²) < 4.78 is 26.8. The molecule has 0 saturated carbocycles. The lowest BCUT2D eigenvalue weighted by molar-refractivity contribution is -0.124. The number of rotatable bonds is 6. The zero-order valence-electron chi connectivity index (χ0n) is 8.57. The van der Waals surface area contributed by atoms with E-state index in [1.807, 2.05) is 0 Å². The predicted molar refractivity (Wildman–Crippen MR) is 51.9 cm³/mol. The number of amides is 1. The number of imidazole rings is 1. The van der Waals surface area contributed by atoms with Crippen LogP contribution in [0.2, 0.25) is 0 Å². The number of halogens is 2. The zero-order chi connectivity index (χ0) is 12.0. The molecule has 0 bridgehead atoms. The third-order valence-electron chi connectivity index (χ3n) is 1.93. The quantitative estimate of drug-likeness (QED) is 0.727. The molecular formula is C9H13F2N3O2. The average molecular weight is 233 g/mol. The number of aryl methyl sites for hydroxylation is 1. The van der Waals surface area contributed by atoms with Gasteiger partial charge in [-0.25, -0.2) is 13.8 Å². The molecule has 0 spiro atoms. The van der Waals surface area contributed by atoms with E-state index in [-0.39, 0.29) is 6.42 Å². The van der Waals surface area contributed by atoms with Gasteiger partial charge in [0.2, 0.25) is 5.91 Å². The van der Waals surface area contributed by atoms with Gasteiger partial charge in [-0.2, -0.15) is 0 Å². The average Bonchev–Trinajstić information content (AvgIpc) is 2.76. The molecule has 1 aromatic heterocycles. The first-order valence-corrected chi connectivity index (χ1v) is 4.74. The van der Waals surface area contributed by atoms with Crippen LogP contribution in [0.1, 0.15) is 6.42 Å². The van der Waals surface area contributed by atoms with E-state index < -0.39 is 25.0 Å². The number of nitrogens with one attached hydrogen (secondary N) is 1. The van der Waals surface area contributed by atoms with E-state index in [2.05, 4.69) is 10.3 Å². The Kier molecular flexibility index (Phi) is 4.36. The second-order valence-electron chi connectivity index (χ2n) is 3.34. The summed E-state index contributed by atoms with van der Waals surface area (Å²) in [4.78, 5) is 14.9. The van der Waals surface area contributed by atoms with Crippen molar-refractivity contribution in [2.75, 3.05) is 13.2 Å². The largest absolute Gasteiger partial charge is 0.390 e. The number of aliphatic hydroxyl groups excluding tert-OH is 1. The van der Waals surface area contributed by atoms with Gasteiger partial charge in [0, 0.05) is 25.4 Å². The summed E-state index contributed by atoms with van der Waals surface area (Å²) in [5.74, 6) is -3.74. The van der Waals surface area contributed by atoms with E-state index in [0.717, 1.165) is 0 Å². The van der Waals surface area contributed by atoms with E-state index >= 15 is 0 Å². The van der Waals surface area contributed by atoms with Crippen molar-refractivity contribution in [1.82, 2.24) is 14.9 Å². The van der Waals surface area contributed by atoms with Gasteiger partial charge in [-0.05, 0) is 0 Å². The monoisotopic (exact) mass is 233 g/mol. The van der Waals surface area contributed by atoms with Crippen LogP contribution in [0.4, 0.5) is 8.78 Å². The van der Waals surface area contributed by atoms with Crippen molar-refractivity contribution in [3.05, 3.63) is 18.7 Å². The van der Waals surface area contributed by atoms with Gasteiger partial charge in [-0.15, -0.1) is 0 Å². The van der Waals surface area contributed by atoms with Crippen LogP contribution in [0.3, 0.4) is 0 Å². The highest BCUT2D eigenvalue weighted by atomic mass is 19.3. The van der Waals surface area contributed by atoms with E-state index in [0.29, 0.717) is 6.54 Å². The Hall–Kier alpha value is -1.50. The van der Waals surface area contributed by atoms with Crippen LogP contribution in [0, 0.1) is 0 Å². The van der Waals surface area contributed by atoms with Gasteiger partial charge in [0.05, 0.1) is 12.9 Å². The highest BCUT2D eigenvalue weighted by Gasteiger charge is 2.27. The molecule has 1 amide bonds. The zero-order valence-corrected chi connectivity index (χ0v) is 8.57. The van der Waals surface area contributed by atoms with E-state index in [4.69, 9.17) is 5.11 Å². The number of aliphatic hydroxyl groups is 1. The molecule has 90 valence electrons. The van der Waals surface area contributed by atoms with Crippen LogP contribution in [0.15, 0.2) is 18.7 Å². The topological polar surface area (TPSA) is 67.2 Å². The smallest absolute Gasteiger partial charge is 0.287 e. The van der Waals surface area contributed by atoms with Gasteiger partial charge in [0.1, 0.15) is 6.61 Å². The van der Waals surface area contributed by atoms with Crippen LogP contribution in [-0.2, 0) is 11.3 Å². The molecule has 1 rings (SSSR count). The van der Waals surface area contributed by atoms with Crippen LogP contribution < -0.4 is 5.32 Å². The number of nitrogens with zero attached hydrogens (tertiary/aromatic N) is 2. The third-order valence-corrected chi connectivity index (χ3v) is 1.93. The van der Waals surface area contributed by atoms with Gasteiger partial charge in [0.15, 0.2) is 0 Å². The Bertz CT molecular complexity index is 328. The summed E-state index contributed by atoms with van der Waals surface area (Å²) in [7, 11) is 0. The van der Waals surface area contributed by atoms with Gasteiger partial charge in [-0.3, -0.25) is 4.79 Å². The third kappa shape index (κ3) is 4.35. The summed E-state index contributed by atoms with van der Waals surface area (Å²) >= 11 is 0. The lowest BCUT2D eigenvalue weighted by Gasteiger charge is -2.13. The number of alkyl halides is 2. The van der Waals surface area contributed by atoms with Crippen LogP contribution in [0.25, 0.3) is 0 Å². The molecule has 0 unspecified atom stereocenters. The van der Waals surface area contributed by atoms with Crippen LogP contribution >= 0.6 is 0 Å². The lowest BCUT2D eigenvalue weighted by atomic mass is 10.3. The molecule has 1 heterocycles. The van der Waals surface area contributed by atoms with Crippen molar-refractivity contribution in [3.63, 3.8) is 0 Å². The normalized spacial score (nSPS) is 11.4. The number of carbonyl (C=O) groups is 1. The maximum absolute atomic E-state index is 12.5. The highest BCUT2D eigenvalue weighted by Crippen LogP contribution is 2.09. The highest BCUT2D eigenvalue weighted by molar-refractivity contribution is 5.75. The molecule has 0 radical (unpaired) electrons. The SMILES string of the molecule is O=C(CCn1ccnc1)NCC(F)(F)CO. The van der Waals surface area contributed by atoms with Crippen molar-refractivity contribution in [1.29, 1.82) is 0 Å². The number of carbonyl (C=O) groups excluding carboxylic acids is 1. The minimum atomic E-state index is -3.26. The summed E-state index contributed by atoms with van der Waals surface area (Å²) in [5, 5.41) is 10.3. The molecule has 2 N–H and O–H groups in total. The minimum absolute atomic E-state index is 0.0951. The first-order chi connectivity index (χ1) is 7.53. The predicted octanol–water partition coefficient (Wildman–Crippen LogP) is 0.0170. The summed E-state index contributed by atoms with van der Waals surface area (Å²) in [6.45, 7) is -1.72. The van der Waals surface area contributed by atoms with E-state index in [1.165, 1.54) is 6.33 Å². The molecule has 16 heavy (non-hydrogen) atoms. The molecule has 0 fully saturated rings. The van der Waals surface area contributed by atoms with E-state index in [9.17, 15) is 13.6 Å². The molecular weight excluding hydrogens is 220 g/mol. The summed E-state index contributed by atoms with van der Waals surface area (Å²) in [5.41, 5.74) is 0. The van der Waals surface area contributed by atoms with E-state index in [1.54, 1.807) is 17.0 Å². The summed E-state index contributed by atoms with van der Waals surface area (Å²) in [6.07, 6.45) is 4.88. The lowest BCUT2D eigenvalue weighted by Crippen LogP contribution is -2.39. The second-order valence-corrected chi connectivity index (χ2v) is 3.34. The van der Waals surface area contributed by atoms with Crippen molar-refractivity contribution < 1.29 is 18.7 Å². The molecule has 1 aromatic rings. The Balaban J connectivity index is 2.21. The first kappa shape index (κ1) is 12.6. The standard InChI is InChI=1S/C9H13F2N3O2/c10-9(11,6-15)5-13-8(16)1-3-14-4-2-12-7-14/h2,4,7,15H,1,3,5-6H2,(H,13,16). The molecule has 0 aromatic carbocycles. The van der Waals surface area contributed by atoms with Crippen molar-refractivity contribution in [2.45, 2.75) is 18.9 Å². The fourth-order valence-electron chi connectivity index (χ4n) is 1.02. The van der Waals surface area contributed by atoms with Gasteiger partial charge < -0.3 is 15.0 Å². The number of hydrogen-bond acceptors (Lipinski definition) is 3. The molecule has 7 heteroatoms. The molecule has 5 nitrogen and oxygen atoms in total. The number of hydrogen-bond donors (Lipinski definition) is 2. The second kappa shape index (κ2) is 5.55. The first-order valence-electron chi connectivity index (χ1n) is 4.74. The van der Waals surface area contributed by atoms with Crippen molar-refractivity contribution >= 4 is 5.91 Å². The number of aromatic nitrogens is 2. The fourth-order valence-corrected chi connectivity index (χ4v) is 1.02. The molecule has 0 aliphatic rings. The maximum atomic E-state index is 12.5. The Morgan fingerprint density at radius 3 is 2.88 bits per heavy atom. The van der Waals surface area contributed by atoms with Gasteiger partial charge in [0.25, 0.3) is 5.92 Å². The molecule has 0 aliphatic carbocycles. The molecule has 0 aliphatic heterocycles. The van der Waals surface area contributed by atoms with Crippen molar-refractivity contribution in [2.24, 2.45) is 0 Å². The van der Waals surface area contributed by atoms with Gasteiger partial charge >= 0.3 is 0 Å². The minimum Gasteiger partial charge on any atom is -0.390 e. The Morgan fingerprint density at radius 2 is 2.31 bits per heavy atom. The molecule has 0 saturated heterocycles. The van der Waals surface area contributed by atoms with Crippen molar-refractivity contribution in [3.8, 4) is 0 Å². The van der Waals surface area contributed by atoms with Gasteiger partial charge in [-0.1, -0.05) is 0 Å². The van der Waals surface area contributed by atoms with Crippen LogP contribution in [0.5, 0.6) is 0 Å². The van der Waals surface area contributed by atoms with Crippen LogP contribution in [-0.4, -0.2) is 39.6 Å². The summed E-state index contributed by atoms with van der Waals surface area (Å²) in [6, 6.07) is 0. The fraction of sp³-hybridized carbons (Fsp3) is 0.556. The molecule has 0 atom stereocenters.